The molecule has 1 rings (SSSR count). The molecular weight excluding hydrogens is 200 g/mol. The zero-order valence-electron chi connectivity index (χ0n) is 10.5. The lowest BCUT2D eigenvalue weighted by Crippen LogP contribution is -2.29. The van der Waals surface area contributed by atoms with Gasteiger partial charge in [-0.3, -0.25) is 0 Å². The third kappa shape index (κ3) is 3.47. The second-order valence-corrected chi connectivity index (χ2v) is 4.85. The lowest BCUT2D eigenvalue weighted by atomic mass is 9.99. The van der Waals surface area contributed by atoms with Crippen LogP contribution in [0.3, 0.4) is 0 Å². The molecule has 0 aromatic heterocycles. The number of hydrogen-bond acceptors (Lipinski definition) is 2. The van der Waals surface area contributed by atoms with Crippen molar-refractivity contribution >= 4 is 0 Å². The maximum Gasteiger partial charge on any atom is 0.123 e. The van der Waals surface area contributed by atoms with Gasteiger partial charge in [-0.25, -0.2) is 9.78 Å². The topological polar surface area (TPSA) is 18.5 Å². The van der Waals surface area contributed by atoms with E-state index in [1.165, 1.54) is 0 Å². The van der Waals surface area contributed by atoms with E-state index in [-0.39, 0.29) is 0 Å². The first-order valence-corrected chi connectivity index (χ1v) is 5.43. The quantitative estimate of drug-likeness (QED) is 0.426. The Hall–Kier alpha value is -1.12. The smallest absolute Gasteiger partial charge is 0.123 e. The molecule has 0 unspecified atom stereocenters. The average molecular weight is 220 g/mol. The molecular formula is C14H20O2. The summed E-state index contributed by atoms with van der Waals surface area (Å²) in [6.07, 6.45) is 1.72. The van der Waals surface area contributed by atoms with Gasteiger partial charge in [0.25, 0.3) is 0 Å². The zero-order valence-corrected chi connectivity index (χ0v) is 10.5. The van der Waals surface area contributed by atoms with Gasteiger partial charge in [0.2, 0.25) is 0 Å². The van der Waals surface area contributed by atoms with Crippen molar-refractivity contribution in [3.8, 4) is 0 Å². The van der Waals surface area contributed by atoms with Gasteiger partial charge in [-0.1, -0.05) is 36.4 Å². The van der Waals surface area contributed by atoms with Crippen LogP contribution in [0, 0.1) is 0 Å². The molecule has 2 heteroatoms. The van der Waals surface area contributed by atoms with Crippen LogP contribution in [0.5, 0.6) is 0 Å². The molecule has 0 N–H and O–H groups in total. The van der Waals surface area contributed by atoms with Crippen LogP contribution in [0.4, 0.5) is 0 Å². The number of benzene rings is 1. The van der Waals surface area contributed by atoms with E-state index in [1.54, 1.807) is 6.08 Å². The fourth-order valence-electron chi connectivity index (χ4n) is 1.13. The van der Waals surface area contributed by atoms with E-state index in [2.05, 4.69) is 6.58 Å². The van der Waals surface area contributed by atoms with Crippen molar-refractivity contribution in [2.45, 2.75) is 38.9 Å². The van der Waals surface area contributed by atoms with E-state index < -0.39 is 11.2 Å². The Balaban J connectivity index is 2.70. The molecule has 0 atom stereocenters. The molecule has 16 heavy (non-hydrogen) atoms. The highest BCUT2D eigenvalue weighted by Gasteiger charge is 2.26. The molecule has 2 nitrogen and oxygen atoms in total. The van der Waals surface area contributed by atoms with Gasteiger partial charge in [0.05, 0.1) is 0 Å². The fourth-order valence-corrected chi connectivity index (χ4v) is 1.13. The van der Waals surface area contributed by atoms with E-state index in [0.29, 0.717) is 0 Å². The minimum Gasteiger partial charge on any atom is -0.226 e. The Labute approximate surface area is 97.8 Å². The van der Waals surface area contributed by atoms with Crippen LogP contribution in [0.15, 0.2) is 43.0 Å². The van der Waals surface area contributed by atoms with Gasteiger partial charge >= 0.3 is 0 Å². The van der Waals surface area contributed by atoms with Gasteiger partial charge in [-0.15, -0.1) is 6.58 Å². The van der Waals surface area contributed by atoms with Crippen molar-refractivity contribution < 1.29 is 9.78 Å². The maximum absolute atomic E-state index is 5.50. The number of rotatable bonds is 5. The van der Waals surface area contributed by atoms with Crippen LogP contribution in [0.25, 0.3) is 0 Å². The molecule has 0 heterocycles. The molecule has 88 valence electrons. The molecule has 0 fully saturated rings. The first-order valence-electron chi connectivity index (χ1n) is 5.43. The molecule has 0 bridgehead atoms. The molecule has 1 aromatic rings. The molecule has 0 aliphatic carbocycles. The van der Waals surface area contributed by atoms with E-state index in [4.69, 9.17) is 9.78 Å². The summed E-state index contributed by atoms with van der Waals surface area (Å²) in [5.74, 6) is 0. The van der Waals surface area contributed by atoms with Crippen molar-refractivity contribution in [2.75, 3.05) is 0 Å². The summed E-state index contributed by atoms with van der Waals surface area (Å²) in [6.45, 7) is 11.5. The third-order valence-electron chi connectivity index (χ3n) is 2.43. The van der Waals surface area contributed by atoms with Gasteiger partial charge in [0.1, 0.15) is 11.2 Å². The second kappa shape index (κ2) is 4.81. The van der Waals surface area contributed by atoms with Gasteiger partial charge in [0.15, 0.2) is 0 Å². The van der Waals surface area contributed by atoms with Gasteiger partial charge in [0, 0.05) is 0 Å². The summed E-state index contributed by atoms with van der Waals surface area (Å²) in [5.41, 5.74) is 0.128. The summed E-state index contributed by atoms with van der Waals surface area (Å²) in [6, 6.07) is 9.99. The van der Waals surface area contributed by atoms with Gasteiger partial charge in [-0.05, 0) is 33.3 Å². The zero-order chi connectivity index (χ0) is 12.2. The predicted molar refractivity (Wildman–Crippen MR) is 65.9 cm³/mol. The first-order chi connectivity index (χ1) is 7.37. The average Bonchev–Trinajstić information content (AvgIpc) is 2.28. The molecule has 0 aliphatic heterocycles. The summed E-state index contributed by atoms with van der Waals surface area (Å²) < 4.78 is 0. The molecule has 0 saturated heterocycles. The Morgan fingerprint density at radius 2 is 1.56 bits per heavy atom. The van der Waals surface area contributed by atoms with Crippen LogP contribution < -0.4 is 0 Å². The van der Waals surface area contributed by atoms with Crippen LogP contribution in [-0.2, 0) is 15.4 Å². The molecule has 1 aromatic carbocycles. The Morgan fingerprint density at radius 1 is 1.00 bits per heavy atom. The van der Waals surface area contributed by atoms with E-state index >= 15 is 0 Å². The monoisotopic (exact) mass is 220 g/mol. The minimum atomic E-state index is -0.480. The van der Waals surface area contributed by atoms with E-state index in [0.717, 1.165) is 5.56 Å². The van der Waals surface area contributed by atoms with Gasteiger partial charge < -0.3 is 0 Å². The van der Waals surface area contributed by atoms with Crippen molar-refractivity contribution in [3.05, 3.63) is 48.6 Å². The minimum absolute atomic E-state index is 0.471. The number of hydrogen-bond donors (Lipinski definition) is 0. The molecule has 0 radical (unpaired) electrons. The summed E-state index contributed by atoms with van der Waals surface area (Å²) in [5, 5.41) is 0. The van der Waals surface area contributed by atoms with Crippen LogP contribution in [0.2, 0.25) is 0 Å². The Bertz CT molecular complexity index is 339. The van der Waals surface area contributed by atoms with E-state index in [1.807, 2.05) is 58.0 Å². The largest absolute Gasteiger partial charge is 0.226 e. The van der Waals surface area contributed by atoms with Crippen LogP contribution in [0.1, 0.15) is 33.3 Å². The second-order valence-electron chi connectivity index (χ2n) is 4.85. The highest BCUT2D eigenvalue weighted by Crippen LogP contribution is 2.27. The third-order valence-corrected chi connectivity index (χ3v) is 2.43. The lowest BCUT2D eigenvalue weighted by Gasteiger charge is -2.29. The predicted octanol–water partition coefficient (Wildman–Crippen LogP) is 3.83. The van der Waals surface area contributed by atoms with Crippen molar-refractivity contribution in [1.82, 2.24) is 0 Å². The Kier molecular flexibility index (Phi) is 3.89. The first kappa shape index (κ1) is 12.9. The molecule has 0 saturated carbocycles. The van der Waals surface area contributed by atoms with E-state index in [9.17, 15) is 0 Å². The molecule has 0 amide bonds. The van der Waals surface area contributed by atoms with Crippen LogP contribution >= 0.6 is 0 Å². The van der Waals surface area contributed by atoms with Crippen molar-refractivity contribution in [1.29, 1.82) is 0 Å². The fraction of sp³-hybridized carbons (Fsp3) is 0.429. The highest BCUT2D eigenvalue weighted by atomic mass is 17.2. The lowest BCUT2D eigenvalue weighted by molar-refractivity contribution is -0.395. The Morgan fingerprint density at radius 3 is 2.06 bits per heavy atom. The van der Waals surface area contributed by atoms with Crippen LogP contribution in [-0.4, -0.2) is 5.60 Å². The van der Waals surface area contributed by atoms with Crippen molar-refractivity contribution in [2.24, 2.45) is 0 Å². The molecule has 0 spiro atoms. The normalized spacial score (nSPS) is 12.5. The maximum atomic E-state index is 5.50. The van der Waals surface area contributed by atoms with Gasteiger partial charge in [-0.2, -0.15) is 0 Å². The highest BCUT2D eigenvalue weighted by molar-refractivity contribution is 5.20. The summed E-state index contributed by atoms with van der Waals surface area (Å²) in [4.78, 5) is 10.9. The van der Waals surface area contributed by atoms with Crippen molar-refractivity contribution in [3.63, 3.8) is 0 Å². The summed E-state index contributed by atoms with van der Waals surface area (Å²) >= 11 is 0. The summed E-state index contributed by atoms with van der Waals surface area (Å²) in [7, 11) is 0. The SMILES string of the molecule is C=CC(C)(C)OOC(C)(C)c1ccccc1. The standard InChI is InChI=1S/C14H20O2/c1-6-13(2,3)15-16-14(4,5)12-10-8-7-9-11-12/h6-11H,1H2,2-5H3. The molecule has 0 aliphatic rings.